The van der Waals surface area contributed by atoms with Gasteiger partial charge in [0.25, 0.3) is 5.56 Å². The third-order valence-electron chi connectivity index (χ3n) is 5.55. The third-order valence-corrected chi connectivity index (χ3v) is 5.55. The molecule has 0 aliphatic rings. The van der Waals surface area contributed by atoms with E-state index in [1.807, 2.05) is 12.1 Å². The number of aromatic carboxylic acids is 1. The van der Waals surface area contributed by atoms with Gasteiger partial charge in [0.15, 0.2) is 0 Å². The molecule has 0 fully saturated rings. The predicted octanol–water partition coefficient (Wildman–Crippen LogP) is 4.99. The fraction of sp³-hybridized carbons (Fsp3) is 0.0400. The lowest BCUT2D eigenvalue weighted by Crippen LogP contribution is -2.25. The second kappa shape index (κ2) is 6.95. The first-order valence-corrected chi connectivity index (χ1v) is 9.70. The average Bonchev–Trinajstić information content (AvgIpc) is 3.06. The number of para-hydroxylation sites is 1. The molecule has 2 aromatic heterocycles. The van der Waals surface area contributed by atoms with Crippen molar-refractivity contribution in [3.8, 4) is 16.9 Å². The summed E-state index contributed by atoms with van der Waals surface area (Å²) in [6.45, 7) is 0. The molecule has 0 saturated heterocycles. The van der Waals surface area contributed by atoms with Gasteiger partial charge >= 0.3 is 5.97 Å². The van der Waals surface area contributed by atoms with Gasteiger partial charge in [-0.15, -0.1) is 0 Å². The molecule has 0 atom stereocenters. The van der Waals surface area contributed by atoms with Crippen molar-refractivity contribution in [2.75, 3.05) is 0 Å². The van der Waals surface area contributed by atoms with E-state index in [-0.39, 0.29) is 27.7 Å². The van der Waals surface area contributed by atoms with Crippen LogP contribution >= 0.6 is 0 Å². The van der Waals surface area contributed by atoms with E-state index in [1.165, 1.54) is 16.7 Å². The molecule has 3 aromatic carbocycles. The normalized spacial score (nSPS) is 11.3. The summed E-state index contributed by atoms with van der Waals surface area (Å²) in [6.07, 6.45) is 0. The van der Waals surface area contributed by atoms with Crippen molar-refractivity contribution in [3.05, 3.63) is 101 Å². The lowest BCUT2D eigenvalue weighted by molar-refractivity contribution is 0.0699. The number of nitrogens with zero attached hydrogens (tertiary/aromatic N) is 2. The number of pyridine rings is 1. The fourth-order valence-corrected chi connectivity index (χ4v) is 4.26. The summed E-state index contributed by atoms with van der Waals surface area (Å²) in [5.74, 6) is -1.69. The molecule has 0 bridgehead atoms. The second-order valence-corrected chi connectivity index (χ2v) is 7.31. The van der Waals surface area contributed by atoms with Gasteiger partial charge in [0.2, 0.25) is 0 Å². The largest absolute Gasteiger partial charge is 0.478 e. The number of carboxylic acids is 1. The van der Waals surface area contributed by atoms with E-state index in [4.69, 9.17) is 0 Å². The second-order valence-electron chi connectivity index (χ2n) is 7.31. The zero-order valence-corrected chi connectivity index (χ0v) is 16.5. The molecule has 0 aliphatic carbocycles. The minimum Gasteiger partial charge on any atom is -0.478 e. The maximum atomic E-state index is 14.1. The van der Waals surface area contributed by atoms with Crippen molar-refractivity contribution in [3.63, 3.8) is 0 Å². The first-order chi connectivity index (χ1) is 15.0. The van der Waals surface area contributed by atoms with Gasteiger partial charge in [-0.05, 0) is 35.9 Å². The van der Waals surface area contributed by atoms with Gasteiger partial charge in [-0.1, -0.05) is 48.5 Å². The first kappa shape index (κ1) is 18.8. The SMILES string of the molecule is Cn1c2ccc(F)cc2c2c(C(=O)O)c(-c3ccccc3)n(-c3ccccc3)c(=O)c21. The van der Waals surface area contributed by atoms with Crippen LogP contribution in [-0.4, -0.2) is 20.2 Å². The van der Waals surface area contributed by atoms with Gasteiger partial charge in [0, 0.05) is 29.0 Å². The van der Waals surface area contributed by atoms with Gasteiger partial charge in [-0.25, -0.2) is 9.18 Å². The van der Waals surface area contributed by atoms with Gasteiger partial charge in [-0.3, -0.25) is 9.36 Å². The van der Waals surface area contributed by atoms with Crippen LogP contribution in [0, 0.1) is 5.82 Å². The molecule has 5 rings (SSSR count). The lowest BCUT2D eigenvalue weighted by atomic mass is 9.99. The minimum atomic E-state index is -1.19. The smallest absolute Gasteiger partial charge is 0.338 e. The highest BCUT2D eigenvalue weighted by Gasteiger charge is 2.27. The summed E-state index contributed by atoms with van der Waals surface area (Å²) in [7, 11) is 1.69. The molecule has 1 N–H and O–H groups in total. The number of aryl methyl sites for hydroxylation is 1. The van der Waals surface area contributed by atoms with E-state index in [9.17, 15) is 19.1 Å². The zero-order chi connectivity index (χ0) is 21.7. The van der Waals surface area contributed by atoms with Crippen LogP contribution in [0.1, 0.15) is 10.4 Å². The third kappa shape index (κ3) is 2.76. The van der Waals surface area contributed by atoms with Gasteiger partial charge in [-0.2, -0.15) is 0 Å². The van der Waals surface area contributed by atoms with Crippen molar-refractivity contribution < 1.29 is 14.3 Å². The first-order valence-electron chi connectivity index (χ1n) is 9.70. The summed E-state index contributed by atoms with van der Waals surface area (Å²) < 4.78 is 17.2. The summed E-state index contributed by atoms with van der Waals surface area (Å²) in [5, 5.41) is 10.9. The van der Waals surface area contributed by atoms with Crippen LogP contribution in [-0.2, 0) is 7.05 Å². The predicted molar refractivity (Wildman–Crippen MR) is 118 cm³/mol. The van der Waals surface area contributed by atoms with Crippen molar-refractivity contribution in [1.82, 2.24) is 9.13 Å². The Hall–Kier alpha value is -4.19. The number of hydrogen-bond donors (Lipinski definition) is 1. The summed E-state index contributed by atoms with van der Waals surface area (Å²) in [5.41, 5.74) is 1.77. The topological polar surface area (TPSA) is 64.2 Å². The number of rotatable bonds is 3. The van der Waals surface area contributed by atoms with Crippen LogP contribution in [0.25, 0.3) is 38.8 Å². The Morgan fingerprint density at radius 3 is 2.23 bits per heavy atom. The van der Waals surface area contributed by atoms with Crippen molar-refractivity contribution >= 4 is 27.8 Å². The molecule has 0 aliphatic heterocycles. The molecule has 0 amide bonds. The van der Waals surface area contributed by atoms with Crippen LogP contribution < -0.4 is 5.56 Å². The van der Waals surface area contributed by atoms with E-state index in [0.29, 0.717) is 22.2 Å². The number of hydrogen-bond acceptors (Lipinski definition) is 2. The van der Waals surface area contributed by atoms with Gasteiger partial charge < -0.3 is 9.67 Å². The molecule has 6 heteroatoms. The van der Waals surface area contributed by atoms with Gasteiger partial charge in [0.05, 0.1) is 11.3 Å². The molecule has 31 heavy (non-hydrogen) atoms. The van der Waals surface area contributed by atoms with E-state index >= 15 is 0 Å². The molecule has 0 radical (unpaired) electrons. The van der Waals surface area contributed by atoms with E-state index < -0.39 is 11.8 Å². The van der Waals surface area contributed by atoms with Crippen LogP contribution in [0.4, 0.5) is 4.39 Å². The Morgan fingerprint density at radius 2 is 1.58 bits per heavy atom. The number of fused-ring (bicyclic) bond motifs is 3. The van der Waals surface area contributed by atoms with Gasteiger partial charge in [0.1, 0.15) is 11.3 Å². The Labute approximate surface area is 176 Å². The standard InChI is InChI=1S/C25H17FN2O3/c1-27-19-13-12-16(26)14-18(19)20-21(25(30)31)22(15-8-4-2-5-9-15)28(24(29)23(20)27)17-10-6-3-7-11-17/h2-14H,1H3,(H,30,31). The van der Waals surface area contributed by atoms with E-state index in [1.54, 1.807) is 66.2 Å². The van der Waals surface area contributed by atoms with Crippen LogP contribution in [0.15, 0.2) is 83.7 Å². The van der Waals surface area contributed by atoms with Crippen LogP contribution in [0.2, 0.25) is 0 Å². The van der Waals surface area contributed by atoms with Crippen LogP contribution in [0.3, 0.4) is 0 Å². The molecule has 152 valence electrons. The molecule has 5 aromatic rings. The van der Waals surface area contributed by atoms with Crippen molar-refractivity contribution in [1.29, 1.82) is 0 Å². The Balaban J connectivity index is 2.13. The summed E-state index contributed by atoms with van der Waals surface area (Å²) in [6, 6.07) is 22.0. The molecule has 0 saturated carbocycles. The maximum absolute atomic E-state index is 14.1. The monoisotopic (exact) mass is 412 g/mol. The van der Waals surface area contributed by atoms with Crippen molar-refractivity contribution in [2.45, 2.75) is 0 Å². The lowest BCUT2D eigenvalue weighted by Gasteiger charge is -2.17. The quantitative estimate of drug-likeness (QED) is 0.454. The van der Waals surface area contributed by atoms with E-state index in [0.717, 1.165) is 0 Å². The molecule has 2 heterocycles. The zero-order valence-electron chi connectivity index (χ0n) is 16.5. The number of aromatic nitrogens is 2. The van der Waals surface area contributed by atoms with Crippen LogP contribution in [0.5, 0.6) is 0 Å². The highest BCUT2D eigenvalue weighted by molar-refractivity contribution is 6.19. The summed E-state index contributed by atoms with van der Waals surface area (Å²) in [4.78, 5) is 26.5. The number of carboxylic acid groups (broad SMARTS) is 1. The summed E-state index contributed by atoms with van der Waals surface area (Å²) >= 11 is 0. The maximum Gasteiger partial charge on any atom is 0.338 e. The molecule has 5 nitrogen and oxygen atoms in total. The highest BCUT2D eigenvalue weighted by Crippen LogP contribution is 2.36. The Kier molecular flexibility index (Phi) is 4.22. The Morgan fingerprint density at radius 1 is 0.935 bits per heavy atom. The molecule has 0 spiro atoms. The molecular weight excluding hydrogens is 395 g/mol. The highest BCUT2D eigenvalue weighted by atomic mass is 19.1. The average molecular weight is 412 g/mol. The number of halogens is 1. The fourth-order valence-electron chi connectivity index (χ4n) is 4.26. The molecule has 0 unspecified atom stereocenters. The minimum absolute atomic E-state index is 0.0409. The van der Waals surface area contributed by atoms with E-state index in [2.05, 4.69) is 0 Å². The van der Waals surface area contributed by atoms with Crippen molar-refractivity contribution in [2.24, 2.45) is 7.05 Å². The number of benzene rings is 3. The number of carbonyl (C=O) groups is 1. The molecular formula is C25H17FN2O3. The Bertz CT molecular complexity index is 1530.